The van der Waals surface area contributed by atoms with Gasteiger partial charge in [-0.25, -0.2) is 4.79 Å². The van der Waals surface area contributed by atoms with E-state index in [1.54, 1.807) is 0 Å². The molecule has 2 heteroatoms. The van der Waals surface area contributed by atoms with E-state index in [1.807, 2.05) is 36.4 Å². The van der Waals surface area contributed by atoms with Gasteiger partial charge < -0.3 is 4.74 Å². The molecule has 0 unspecified atom stereocenters. The van der Waals surface area contributed by atoms with Crippen LogP contribution in [0, 0.1) is 11.8 Å². The summed E-state index contributed by atoms with van der Waals surface area (Å²) in [5.41, 5.74) is 1.41. The standard InChI is InChI=1S/C21H28O2/c1-3-5-7-12-16-20(18-19-14-10-9-11-15-19)21(22)23-17-13-8-6-4-2/h9-11,14-15,18H,3-8,13,17H2,1-2H3. The Morgan fingerprint density at radius 2 is 1.78 bits per heavy atom. The number of hydrogen-bond acceptors (Lipinski definition) is 2. The lowest BCUT2D eigenvalue weighted by molar-refractivity contribution is -0.138. The maximum atomic E-state index is 12.3. The largest absolute Gasteiger partial charge is 0.462 e. The third kappa shape index (κ3) is 8.88. The first kappa shape index (κ1) is 19.0. The Kier molecular flexibility index (Phi) is 10.4. The third-order valence-corrected chi connectivity index (χ3v) is 3.44. The van der Waals surface area contributed by atoms with Crippen LogP contribution in [-0.2, 0) is 9.53 Å². The van der Waals surface area contributed by atoms with Crippen LogP contribution in [-0.4, -0.2) is 12.6 Å². The first-order chi connectivity index (χ1) is 11.3. The van der Waals surface area contributed by atoms with E-state index in [0.29, 0.717) is 12.2 Å². The molecule has 0 aliphatic carbocycles. The van der Waals surface area contributed by atoms with Crippen molar-refractivity contribution in [3.63, 3.8) is 0 Å². The van der Waals surface area contributed by atoms with E-state index >= 15 is 0 Å². The van der Waals surface area contributed by atoms with E-state index in [0.717, 1.165) is 37.7 Å². The minimum atomic E-state index is -0.311. The monoisotopic (exact) mass is 312 g/mol. The number of rotatable bonds is 9. The normalized spacial score (nSPS) is 10.8. The van der Waals surface area contributed by atoms with Gasteiger partial charge in [-0.2, -0.15) is 0 Å². The molecule has 124 valence electrons. The predicted molar refractivity (Wildman–Crippen MR) is 96.8 cm³/mol. The fraction of sp³-hybridized carbons (Fsp3) is 0.476. The molecule has 0 N–H and O–H groups in total. The summed E-state index contributed by atoms with van der Waals surface area (Å²) in [5, 5.41) is 0. The molecule has 0 saturated heterocycles. The van der Waals surface area contributed by atoms with Crippen molar-refractivity contribution >= 4 is 12.0 Å². The zero-order valence-corrected chi connectivity index (χ0v) is 14.4. The Bertz CT molecular complexity index is 532. The van der Waals surface area contributed by atoms with E-state index in [1.165, 1.54) is 12.8 Å². The third-order valence-electron chi connectivity index (χ3n) is 3.44. The Labute approximate surface area is 140 Å². The SMILES string of the molecule is CCCCC#CC(=Cc1ccccc1)C(=O)OCCCCCC. The molecule has 0 radical (unpaired) electrons. The van der Waals surface area contributed by atoms with Gasteiger partial charge in [-0.3, -0.25) is 0 Å². The smallest absolute Gasteiger partial charge is 0.346 e. The number of benzene rings is 1. The topological polar surface area (TPSA) is 26.3 Å². The summed E-state index contributed by atoms with van der Waals surface area (Å²) in [4.78, 5) is 12.3. The minimum absolute atomic E-state index is 0.311. The summed E-state index contributed by atoms with van der Waals surface area (Å²) < 4.78 is 5.37. The van der Waals surface area contributed by atoms with E-state index in [4.69, 9.17) is 4.74 Å². The number of unbranched alkanes of at least 4 members (excludes halogenated alkanes) is 5. The molecular formula is C21H28O2. The molecule has 0 bridgehead atoms. The highest BCUT2D eigenvalue weighted by atomic mass is 16.5. The molecule has 0 amide bonds. The van der Waals surface area contributed by atoms with Crippen LogP contribution in [0.25, 0.3) is 6.08 Å². The molecule has 0 fully saturated rings. The highest BCUT2D eigenvalue weighted by Crippen LogP contribution is 2.09. The Hall–Kier alpha value is -2.01. The lowest BCUT2D eigenvalue weighted by Crippen LogP contribution is -2.08. The molecular weight excluding hydrogens is 284 g/mol. The second-order valence-electron chi connectivity index (χ2n) is 5.57. The van der Waals surface area contributed by atoms with Crippen molar-refractivity contribution in [3.05, 3.63) is 41.5 Å². The van der Waals surface area contributed by atoms with Crippen LogP contribution in [0.15, 0.2) is 35.9 Å². The molecule has 0 aliphatic heterocycles. The van der Waals surface area contributed by atoms with Crippen LogP contribution in [0.2, 0.25) is 0 Å². The molecule has 0 spiro atoms. The first-order valence-corrected chi connectivity index (χ1v) is 8.70. The van der Waals surface area contributed by atoms with Gasteiger partial charge in [-0.15, -0.1) is 0 Å². The van der Waals surface area contributed by atoms with Crippen LogP contribution >= 0.6 is 0 Å². The van der Waals surface area contributed by atoms with E-state index < -0.39 is 0 Å². The highest BCUT2D eigenvalue weighted by Gasteiger charge is 2.08. The lowest BCUT2D eigenvalue weighted by Gasteiger charge is -2.04. The van der Waals surface area contributed by atoms with E-state index in [2.05, 4.69) is 25.7 Å². The Morgan fingerprint density at radius 1 is 1.04 bits per heavy atom. The predicted octanol–water partition coefficient (Wildman–Crippen LogP) is 5.39. The molecule has 1 aromatic rings. The van der Waals surface area contributed by atoms with Gasteiger partial charge >= 0.3 is 5.97 Å². The van der Waals surface area contributed by atoms with Crippen molar-refractivity contribution in [3.8, 4) is 11.8 Å². The van der Waals surface area contributed by atoms with Crippen LogP contribution in [0.4, 0.5) is 0 Å². The summed E-state index contributed by atoms with van der Waals surface area (Å²) in [6.45, 7) is 4.77. The molecule has 1 rings (SSSR count). The lowest BCUT2D eigenvalue weighted by atomic mass is 10.1. The zero-order valence-electron chi connectivity index (χ0n) is 14.4. The van der Waals surface area contributed by atoms with Crippen LogP contribution in [0.1, 0.15) is 64.4 Å². The van der Waals surface area contributed by atoms with Crippen molar-refractivity contribution in [2.75, 3.05) is 6.61 Å². The van der Waals surface area contributed by atoms with E-state index in [-0.39, 0.29) is 5.97 Å². The van der Waals surface area contributed by atoms with Crippen molar-refractivity contribution < 1.29 is 9.53 Å². The summed E-state index contributed by atoms with van der Waals surface area (Å²) in [7, 11) is 0. The summed E-state index contributed by atoms with van der Waals surface area (Å²) >= 11 is 0. The summed E-state index contributed by atoms with van der Waals surface area (Å²) in [5.74, 6) is 5.76. The average molecular weight is 312 g/mol. The molecule has 2 nitrogen and oxygen atoms in total. The van der Waals surface area contributed by atoms with Crippen molar-refractivity contribution in [1.29, 1.82) is 0 Å². The summed E-state index contributed by atoms with van der Waals surface area (Å²) in [6, 6.07) is 9.77. The quantitative estimate of drug-likeness (QED) is 0.264. The van der Waals surface area contributed by atoms with Crippen LogP contribution in [0.5, 0.6) is 0 Å². The van der Waals surface area contributed by atoms with Gasteiger partial charge in [0.05, 0.1) is 6.61 Å². The number of ether oxygens (including phenoxy) is 1. The maximum absolute atomic E-state index is 12.3. The number of carbonyl (C=O) groups is 1. The molecule has 1 aromatic carbocycles. The molecule has 0 atom stereocenters. The number of carbonyl (C=O) groups excluding carboxylic acids is 1. The maximum Gasteiger partial charge on any atom is 0.346 e. The first-order valence-electron chi connectivity index (χ1n) is 8.70. The van der Waals surface area contributed by atoms with Gasteiger partial charge in [-0.05, 0) is 24.5 Å². The molecule has 0 aliphatic rings. The van der Waals surface area contributed by atoms with Crippen molar-refractivity contribution in [1.82, 2.24) is 0 Å². The second-order valence-corrected chi connectivity index (χ2v) is 5.57. The van der Waals surface area contributed by atoms with Gasteiger partial charge in [-0.1, -0.05) is 81.7 Å². The Morgan fingerprint density at radius 3 is 2.48 bits per heavy atom. The van der Waals surface area contributed by atoms with E-state index in [9.17, 15) is 4.79 Å². The molecule has 23 heavy (non-hydrogen) atoms. The molecule has 0 heterocycles. The van der Waals surface area contributed by atoms with Crippen LogP contribution in [0.3, 0.4) is 0 Å². The fourth-order valence-corrected chi connectivity index (χ4v) is 2.06. The highest BCUT2D eigenvalue weighted by molar-refractivity contribution is 5.98. The van der Waals surface area contributed by atoms with Crippen molar-refractivity contribution in [2.24, 2.45) is 0 Å². The summed E-state index contributed by atoms with van der Waals surface area (Å²) in [6.07, 6.45) is 9.16. The van der Waals surface area contributed by atoms with Gasteiger partial charge in [0.25, 0.3) is 0 Å². The zero-order chi connectivity index (χ0) is 16.8. The average Bonchev–Trinajstić information content (AvgIpc) is 2.58. The van der Waals surface area contributed by atoms with Gasteiger partial charge in [0.2, 0.25) is 0 Å². The van der Waals surface area contributed by atoms with Gasteiger partial charge in [0.15, 0.2) is 0 Å². The second kappa shape index (κ2) is 12.5. The van der Waals surface area contributed by atoms with Gasteiger partial charge in [0.1, 0.15) is 5.57 Å². The fourth-order valence-electron chi connectivity index (χ4n) is 2.06. The van der Waals surface area contributed by atoms with Gasteiger partial charge in [0, 0.05) is 6.42 Å². The van der Waals surface area contributed by atoms with Crippen LogP contribution < -0.4 is 0 Å². The van der Waals surface area contributed by atoms with Crippen molar-refractivity contribution in [2.45, 2.75) is 58.8 Å². The minimum Gasteiger partial charge on any atom is -0.462 e. The number of hydrogen-bond donors (Lipinski definition) is 0. The molecule has 0 saturated carbocycles. The molecule has 0 aromatic heterocycles. The Balaban J connectivity index is 2.68. The number of esters is 1.